The summed E-state index contributed by atoms with van der Waals surface area (Å²) in [7, 11) is 0. The smallest absolute Gasteiger partial charge is 0.238 e. The van der Waals surface area contributed by atoms with Crippen LogP contribution in [0.25, 0.3) is 11.1 Å². The van der Waals surface area contributed by atoms with Gasteiger partial charge in [-0.15, -0.1) is 0 Å². The molecule has 1 aromatic heterocycles. The van der Waals surface area contributed by atoms with Gasteiger partial charge < -0.3 is 14.5 Å². The number of benzene rings is 2. The number of fused-ring (bicyclic) bond motifs is 2. The molecule has 2 heterocycles. The zero-order valence-corrected chi connectivity index (χ0v) is 11.1. The lowest BCUT2D eigenvalue weighted by molar-refractivity contribution is 0.177. The number of anilines is 1. The van der Waals surface area contributed by atoms with Gasteiger partial charge in [-0.2, -0.15) is 0 Å². The molecule has 4 nitrogen and oxygen atoms in total. The second-order valence-electron chi connectivity index (χ2n) is 5.01. The number of hydrogen-bond donors (Lipinski definition) is 1. The molecule has 0 saturated heterocycles. The third kappa shape index (κ3) is 1.81. The molecule has 100 valence electrons. The van der Waals surface area contributed by atoms with Crippen LogP contribution in [0.2, 0.25) is 0 Å². The number of nitrogens with zero attached hydrogens (tertiary/aromatic N) is 1. The second-order valence-corrected chi connectivity index (χ2v) is 5.01. The quantitative estimate of drug-likeness (QED) is 0.729. The van der Waals surface area contributed by atoms with E-state index in [0.29, 0.717) is 12.4 Å². The van der Waals surface area contributed by atoms with Gasteiger partial charge in [0.05, 0.1) is 12.2 Å². The van der Waals surface area contributed by atoms with Crippen LogP contribution in [0, 0.1) is 6.92 Å². The Balaban J connectivity index is 1.70. The van der Waals surface area contributed by atoms with E-state index < -0.39 is 0 Å². The Labute approximate surface area is 116 Å². The summed E-state index contributed by atoms with van der Waals surface area (Å²) in [6.07, 6.45) is -0.197. The van der Waals surface area contributed by atoms with Gasteiger partial charge in [-0.3, -0.25) is 0 Å². The number of hydrogen-bond acceptors (Lipinski definition) is 4. The Morgan fingerprint density at radius 2 is 2.10 bits per heavy atom. The van der Waals surface area contributed by atoms with Gasteiger partial charge in [0.2, 0.25) is 5.89 Å². The standard InChI is InChI=1S/C16H14N2O2/c1-10-6-7-12-14(8-10)20-16(18-12)15-9-17-11-4-2-3-5-13(11)19-15/h2-8,15,17H,9H2,1H3. The lowest BCUT2D eigenvalue weighted by Gasteiger charge is -2.25. The lowest BCUT2D eigenvalue weighted by atomic mass is 10.2. The van der Waals surface area contributed by atoms with Crippen molar-refractivity contribution in [1.82, 2.24) is 4.98 Å². The number of nitrogens with one attached hydrogen (secondary N) is 1. The van der Waals surface area contributed by atoms with Crippen molar-refractivity contribution in [1.29, 1.82) is 0 Å². The van der Waals surface area contributed by atoms with Gasteiger partial charge in [-0.25, -0.2) is 4.98 Å². The Bertz CT molecular complexity index is 779. The van der Waals surface area contributed by atoms with Crippen molar-refractivity contribution in [2.24, 2.45) is 0 Å². The number of para-hydroxylation sites is 2. The van der Waals surface area contributed by atoms with E-state index in [4.69, 9.17) is 9.15 Å². The molecule has 0 radical (unpaired) electrons. The molecule has 0 spiro atoms. The molecule has 2 aromatic carbocycles. The van der Waals surface area contributed by atoms with Crippen LogP contribution in [0.1, 0.15) is 17.6 Å². The Morgan fingerprint density at radius 3 is 3.05 bits per heavy atom. The summed E-state index contributed by atoms with van der Waals surface area (Å²) in [5, 5.41) is 3.34. The molecule has 1 N–H and O–H groups in total. The van der Waals surface area contributed by atoms with E-state index in [0.717, 1.165) is 28.1 Å². The number of rotatable bonds is 1. The predicted octanol–water partition coefficient (Wildman–Crippen LogP) is 3.68. The summed E-state index contributed by atoms with van der Waals surface area (Å²) in [6, 6.07) is 13.9. The zero-order valence-electron chi connectivity index (χ0n) is 11.1. The molecular formula is C16H14N2O2. The average Bonchev–Trinajstić information content (AvgIpc) is 2.89. The molecule has 0 saturated carbocycles. The largest absolute Gasteiger partial charge is 0.477 e. The van der Waals surface area contributed by atoms with Crippen molar-refractivity contribution >= 4 is 16.8 Å². The minimum absolute atomic E-state index is 0.197. The maximum atomic E-state index is 5.96. The maximum Gasteiger partial charge on any atom is 0.238 e. The highest BCUT2D eigenvalue weighted by atomic mass is 16.5. The summed E-state index contributed by atoms with van der Waals surface area (Å²) in [5.41, 5.74) is 3.85. The molecule has 0 aliphatic carbocycles. The van der Waals surface area contributed by atoms with E-state index in [-0.39, 0.29) is 6.10 Å². The van der Waals surface area contributed by atoms with Crippen LogP contribution < -0.4 is 10.1 Å². The Hall–Kier alpha value is -2.49. The highest BCUT2D eigenvalue weighted by molar-refractivity contribution is 5.73. The Morgan fingerprint density at radius 1 is 1.20 bits per heavy atom. The van der Waals surface area contributed by atoms with Crippen molar-refractivity contribution in [3.8, 4) is 5.75 Å². The van der Waals surface area contributed by atoms with Crippen LogP contribution in [0.15, 0.2) is 46.9 Å². The first kappa shape index (κ1) is 11.3. The fourth-order valence-corrected chi connectivity index (χ4v) is 2.44. The van der Waals surface area contributed by atoms with Crippen molar-refractivity contribution in [2.75, 3.05) is 11.9 Å². The van der Waals surface area contributed by atoms with Gasteiger partial charge in [0.15, 0.2) is 11.7 Å². The van der Waals surface area contributed by atoms with Crippen LogP contribution in [0.4, 0.5) is 5.69 Å². The zero-order chi connectivity index (χ0) is 13.5. The lowest BCUT2D eigenvalue weighted by Crippen LogP contribution is -2.23. The van der Waals surface area contributed by atoms with Crippen molar-refractivity contribution in [3.63, 3.8) is 0 Å². The SMILES string of the molecule is Cc1ccc2nc(C3CNc4ccccc4O3)oc2c1. The molecule has 1 aliphatic rings. The molecular weight excluding hydrogens is 252 g/mol. The minimum Gasteiger partial charge on any atom is -0.477 e. The van der Waals surface area contributed by atoms with Crippen LogP contribution in [-0.4, -0.2) is 11.5 Å². The molecule has 0 bridgehead atoms. The third-order valence-corrected chi connectivity index (χ3v) is 3.47. The van der Waals surface area contributed by atoms with E-state index in [1.54, 1.807) is 0 Å². The predicted molar refractivity (Wildman–Crippen MR) is 77.0 cm³/mol. The molecule has 1 unspecified atom stereocenters. The van der Waals surface area contributed by atoms with Crippen LogP contribution in [-0.2, 0) is 0 Å². The summed E-state index contributed by atoms with van der Waals surface area (Å²) >= 11 is 0. The van der Waals surface area contributed by atoms with Crippen molar-refractivity contribution in [3.05, 3.63) is 53.9 Å². The third-order valence-electron chi connectivity index (χ3n) is 3.47. The first-order valence-corrected chi connectivity index (χ1v) is 6.66. The topological polar surface area (TPSA) is 47.3 Å². The van der Waals surface area contributed by atoms with Gasteiger partial charge in [0, 0.05) is 0 Å². The first-order chi connectivity index (χ1) is 9.79. The summed E-state index contributed by atoms with van der Waals surface area (Å²) in [5.74, 6) is 1.45. The molecule has 4 heteroatoms. The molecule has 20 heavy (non-hydrogen) atoms. The first-order valence-electron chi connectivity index (χ1n) is 6.66. The average molecular weight is 266 g/mol. The molecule has 0 fully saturated rings. The molecule has 1 aliphatic heterocycles. The fraction of sp³-hybridized carbons (Fsp3) is 0.188. The normalized spacial score (nSPS) is 17.4. The number of ether oxygens (including phenoxy) is 1. The van der Waals surface area contributed by atoms with E-state index in [9.17, 15) is 0 Å². The van der Waals surface area contributed by atoms with E-state index >= 15 is 0 Å². The highest BCUT2D eigenvalue weighted by Gasteiger charge is 2.25. The molecule has 0 amide bonds. The van der Waals surface area contributed by atoms with E-state index in [1.165, 1.54) is 0 Å². The van der Waals surface area contributed by atoms with Gasteiger partial charge >= 0.3 is 0 Å². The fourth-order valence-electron chi connectivity index (χ4n) is 2.44. The van der Waals surface area contributed by atoms with Crippen molar-refractivity contribution < 1.29 is 9.15 Å². The Kier molecular flexibility index (Phi) is 2.42. The van der Waals surface area contributed by atoms with Crippen molar-refractivity contribution in [2.45, 2.75) is 13.0 Å². The molecule has 4 rings (SSSR count). The van der Waals surface area contributed by atoms with Crippen LogP contribution in [0.3, 0.4) is 0 Å². The number of aromatic nitrogens is 1. The van der Waals surface area contributed by atoms with Crippen LogP contribution in [0.5, 0.6) is 5.75 Å². The highest BCUT2D eigenvalue weighted by Crippen LogP contribution is 2.34. The monoisotopic (exact) mass is 266 g/mol. The van der Waals surface area contributed by atoms with Gasteiger partial charge in [0.1, 0.15) is 11.3 Å². The summed E-state index contributed by atoms with van der Waals surface area (Å²) in [4.78, 5) is 4.52. The number of oxazole rings is 1. The van der Waals surface area contributed by atoms with Gasteiger partial charge in [-0.1, -0.05) is 18.2 Å². The van der Waals surface area contributed by atoms with Crippen LogP contribution >= 0.6 is 0 Å². The molecule has 3 aromatic rings. The van der Waals surface area contributed by atoms with Gasteiger partial charge in [0.25, 0.3) is 0 Å². The summed E-state index contributed by atoms with van der Waals surface area (Å²) < 4.78 is 11.8. The summed E-state index contributed by atoms with van der Waals surface area (Å²) in [6.45, 7) is 2.69. The van der Waals surface area contributed by atoms with E-state index in [2.05, 4.69) is 10.3 Å². The van der Waals surface area contributed by atoms with Gasteiger partial charge in [-0.05, 0) is 36.8 Å². The minimum atomic E-state index is -0.197. The molecule has 1 atom stereocenters. The number of aryl methyl sites for hydroxylation is 1. The second kappa shape index (κ2) is 4.27. The maximum absolute atomic E-state index is 5.96. The van der Waals surface area contributed by atoms with E-state index in [1.807, 2.05) is 49.4 Å².